The summed E-state index contributed by atoms with van der Waals surface area (Å²) in [6.45, 7) is 0.526. The highest BCUT2D eigenvalue weighted by Crippen LogP contribution is 2.34. The van der Waals surface area contributed by atoms with Crippen LogP contribution in [-0.2, 0) is 16.0 Å². The third-order valence-electron chi connectivity index (χ3n) is 4.77. The predicted molar refractivity (Wildman–Crippen MR) is 112 cm³/mol. The third-order valence-corrected chi connectivity index (χ3v) is 5.94. The van der Waals surface area contributed by atoms with Crippen LogP contribution >= 0.6 is 27.7 Å². The van der Waals surface area contributed by atoms with E-state index in [4.69, 9.17) is 4.74 Å². The summed E-state index contributed by atoms with van der Waals surface area (Å²) >= 11 is 5.07. The number of nitrogens with zero attached hydrogens (tertiary/aromatic N) is 2. The first-order chi connectivity index (χ1) is 13.5. The van der Waals surface area contributed by atoms with Crippen LogP contribution in [0.4, 0.5) is 4.79 Å². The molecule has 2 amide bonds. The monoisotopic (exact) mass is 466 g/mol. The van der Waals surface area contributed by atoms with Crippen molar-refractivity contribution < 1.29 is 14.3 Å². The molecule has 28 heavy (non-hydrogen) atoms. The number of fused-ring (bicyclic) bond motifs is 1. The van der Waals surface area contributed by atoms with Crippen LogP contribution in [-0.4, -0.2) is 58.6 Å². The molecule has 1 aromatic carbocycles. The second kappa shape index (κ2) is 9.47. The van der Waals surface area contributed by atoms with Gasteiger partial charge in [0.25, 0.3) is 0 Å². The number of ether oxygens (including phenoxy) is 1. The molecule has 3 rings (SSSR count). The van der Waals surface area contributed by atoms with Crippen molar-refractivity contribution in [1.82, 2.24) is 20.2 Å². The van der Waals surface area contributed by atoms with E-state index in [9.17, 15) is 9.59 Å². The number of rotatable bonds is 6. The number of amides is 2. The normalized spacial score (nSPS) is 17.0. The van der Waals surface area contributed by atoms with E-state index in [0.717, 1.165) is 27.2 Å². The number of aromatic nitrogens is 2. The smallest absolute Gasteiger partial charge is 0.328 e. The Morgan fingerprint density at radius 2 is 2.18 bits per heavy atom. The highest BCUT2D eigenvalue weighted by molar-refractivity contribution is 9.10. The lowest BCUT2D eigenvalue weighted by Gasteiger charge is -2.36. The van der Waals surface area contributed by atoms with E-state index >= 15 is 0 Å². The Bertz CT molecular complexity index is 827. The lowest BCUT2D eigenvalue weighted by molar-refractivity contribution is -0.142. The summed E-state index contributed by atoms with van der Waals surface area (Å²) in [4.78, 5) is 34.6. The molecule has 1 aliphatic rings. The van der Waals surface area contributed by atoms with Gasteiger partial charge in [-0.2, -0.15) is 11.8 Å². The standard InChI is InChI=1S/C19H23BrN4O3S/c1-27-18(25)15(8-10-28-2)23-19(26)24-9-7-14-16(22-11-21-14)17(24)12-3-5-13(20)6-4-12/h3-6,11,15,17H,7-10H2,1-2H3,(H,21,22)(H,23,26). The van der Waals surface area contributed by atoms with Gasteiger partial charge in [-0.05, 0) is 36.1 Å². The van der Waals surface area contributed by atoms with Crippen LogP contribution in [0.1, 0.15) is 29.4 Å². The van der Waals surface area contributed by atoms with Gasteiger partial charge < -0.3 is 19.9 Å². The fourth-order valence-corrected chi connectivity index (χ4v) is 4.07. The number of aromatic amines is 1. The van der Waals surface area contributed by atoms with E-state index in [2.05, 4.69) is 31.2 Å². The maximum absolute atomic E-state index is 13.1. The van der Waals surface area contributed by atoms with Gasteiger partial charge in [-0.1, -0.05) is 28.1 Å². The highest BCUT2D eigenvalue weighted by atomic mass is 79.9. The Hall–Kier alpha value is -2.00. The summed E-state index contributed by atoms with van der Waals surface area (Å²) in [5, 5.41) is 2.86. The molecule has 0 saturated carbocycles. The lowest BCUT2D eigenvalue weighted by Crippen LogP contribution is -2.51. The molecular formula is C19H23BrN4O3S. The van der Waals surface area contributed by atoms with Crippen LogP contribution in [0.3, 0.4) is 0 Å². The van der Waals surface area contributed by atoms with Crippen LogP contribution in [0.2, 0.25) is 0 Å². The quantitative estimate of drug-likeness (QED) is 0.638. The number of imidazole rings is 1. The van der Waals surface area contributed by atoms with Gasteiger partial charge in [0.15, 0.2) is 0 Å². The van der Waals surface area contributed by atoms with E-state index in [0.29, 0.717) is 19.4 Å². The summed E-state index contributed by atoms with van der Waals surface area (Å²) in [6.07, 6.45) is 4.82. The molecule has 1 aliphatic heterocycles. The second-order valence-corrected chi connectivity index (χ2v) is 8.37. The summed E-state index contributed by atoms with van der Waals surface area (Å²) in [7, 11) is 1.34. The molecule has 2 N–H and O–H groups in total. The van der Waals surface area contributed by atoms with E-state index in [-0.39, 0.29) is 12.1 Å². The Kier molecular flexibility index (Phi) is 7.01. The number of H-pyrrole nitrogens is 1. The molecule has 0 saturated heterocycles. The minimum atomic E-state index is -0.670. The van der Waals surface area contributed by atoms with Crippen molar-refractivity contribution in [2.24, 2.45) is 0 Å². The molecule has 0 bridgehead atoms. The average Bonchev–Trinajstić information content (AvgIpc) is 3.19. The van der Waals surface area contributed by atoms with Gasteiger partial charge in [-0.15, -0.1) is 0 Å². The zero-order valence-corrected chi connectivity index (χ0v) is 18.2. The molecular weight excluding hydrogens is 444 g/mol. The molecule has 2 aromatic rings. The zero-order valence-electron chi connectivity index (χ0n) is 15.8. The van der Waals surface area contributed by atoms with E-state index in [1.165, 1.54) is 7.11 Å². The first kappa shape index (κ1) is 20.7. The first-order valence-electron chi connectivity index (χ1n) is 8.96. The third kappa shape index (κ3) is 4.52. The molecule has 7 nitrogen and oxygen atoms in total. The maximum Gasteiger partial charge on any atom is 0.328 e. The van der Waals surface area contributed by atoms with Gasteiger partial charge in [-0.3, -0.25) is 0 Å². The molecule has 0 radical (unpaired) electrons. The second-order valence-electron chi connectivity index (χ2n) is 6.47. The van der Waals surface area contributed by atoms with Gasteiger partial charge in [0.1, 0.15) is 12.1 Å². The maximum atomic E-state index is 13.1. The van der Waals surface area contributed by atoms with Gasteiger partial charge >= 0.3 is 12.0 Å². The van der Waals surface area contributed by atoms with Crippen molar-refractivity contribution in [2.45, 2.75) is 24.9 Å². The number of carbonyl (C=O) groups excluding carboxylic acids is 2. The van der Waals surface area contributed by atoms with Gasteiger partial charge in [0.2, 0.25) is 0 Å². The molecule has 0 fully saturated rings. The molecule has 2 unspecified atom stereocenters. The number of halogens is 1. The minimum absolute atomic E-state index is 0.293. The van der Waals surface area contributed by atoms with Gasteiger partial charge in [0, 0.05) is 23.1 Å². The lowest BCUT2D eigenvalue weighted by atomic mass is 9.96. The number of nitrogens with one attached hydrogen (secondary N) is 2. The van der Waals surface area contributed by atoms with Crippen LogP contribution in [0.25, 0.3) is 0 Å². The number of benzene rings is 1. The van der Waals surface area contributed by atoms with Crippen molar-refractivity contribution in [3.05, 3.63) is 52.0 Å². The number of hydrogen-bond acceptors (Lipinski definition) is 5. The van der Waals surface area contributed by atoms with Crippen molar-refractivity contribution in [3.63, 3.8) is 0 Å². The van der Waals surface area contributed by atoms with Crippen LogP contribution < -0.4 is 5.32 Å². The molecule has 2 heterocycles. The zero-order chi connectivity index (χ0) is 20.1. The van der Waals surface area contributed by atoms with Crippen LogP contribution in [0.5, 0.6) is 0 Å². The van der Waals surface area contributed by atoms with Gasteiger partial charge in [-0.25, -0.2) is 14.6 Å². The number of thioether (sulfide) groups is 1. The average molecular weight is 467 g/mol. The van der Waals surface area contributed by atoms with Crippen LogP contribution in [0, 0.1) is 0 Å². The number of carbonyl (C=O) groups is 2. The molecule has 150 valence electrons. The van der Waals surface area contributed by atoms with Gasteiger partial charge in [0.05, 0.1) is 19.1 Å². The number of esters is 1. The number of methoxy groups -OCH3 is 1. The highest BCUT2D eigenvalue weighted by Gasteiger charge is 2.35. The van der Waals surface area contributed by atoms with E-state index in [1.54, 1.807) is 23.0 Å². The Labute approximate surface area is 176 Å². The topological polar surface area (TPSA) is 87.3 Å². The Balaban J connectivity index is 1.86. The summed E-state index contributed by atoms with van der Waals surface area (Å²) < 4.78 is 5.83. The van der Waals surface area contributed by atoms with Crippen LogP contribution in [0.15, 0.2) is 35.1 Å². The largest absolute Gasteiger partial charge is 0.467 e. The summed E-state index contributed by atoms with van der Waals surface area (Å²) in [5.74, 6) is 0.319. The molecule has 0 aliphatic carbocycles. The number of urea groups is 1. The molecule has 2 atom stereocenters. The van der Waals surface area contributed by atoms with Crippen molar-refractivity contribution >= 4 is 39.7 Å². The Morgan fingerprint density at radius 3 is 2.86 bits per heavy atom. The SMILES string of the molecule is COC(=O)C(CCSC)NC(=O)N1CCc2[nH]cnc2C1c1ccc(Br)cc1. The van der Waals surface area contributed by atoms with Crippen molar-refractivity contribution in [2.75, 3.05) is 25.7 Å². The fraction of sp³-hybridized carbons (Fsp3) is 0.421. The Morgan fingerprint density at radius 1 is 1.43 bits per heavy atom. The molecule has 1 aromatic heterocycles. The van der Waals surface area contributed by atoms with E-state index < -0.39 is 12.0 Å². The van der Waals surface area contributed by atoms with E-state index in [1.807, 2.05) is 30.5 Å². The van der Waals surface area contributed by atoms with Crippen molar-refractivity contribution in [1.29, 1.82) is 0 Å². The predicted octanol–water partition coefficient (Wildman–Crippen LogP) is 3.12. The first-order valence-corrected chi connectivity index (χ1v) is 11.1. The summed E-state index contributed by atoms with van der Waals surface area (Å²) in [6, 6.07) is 6.56. The minimum Gasteiger partial charge on any atom is -0.467 e. The number of hydrogen-bond donors (Lipinski definition) is 2. The molecule has 9 heteroatoms. The molecule has 0 spiro atoms. The fourth-order valence-electron chi connectivity index (χ4n) is 3.34. The summed E-state index contributed by atoms with van der Waals surface area (Å²) in [5.41, 5.74) is 2.83. The van der Waals surface area contributed by atoms with Crippen molar-refractivity contribution in [3.8, 4) is 0 Å².